The molecule has 0 aliphatic carbocycles. The van der Waals surface area contributed by atoms with Gasteiger partial charge in [-0.25, -0.2) is 18.7 Å². The highest BCUT2D eigenvalue weighted by Crippen LogP contribution is 2.28. The first-order valence-corrected chi connectivity index (χ1v) is 23.9. The molecule has 6 nitrogen and oxygen atoms in total. The summed E-state index contributed by atoms with van der Waals surface area (Å²) in [6.07, 6.45) is 8.85. The van der Waals surface area contributed by atoms with Gasteiger partial charge in [0.2, 0.25) is 0 Å². The quantitative estimate of drug-likeness (QED) is 0.0726. The maximum Gasteiger partial charge on any atom is 0.501 e. The maximum absolute atomic E-state index is 13.3. The number of aromatic nitrogens is 4. The predicted molar refractivity (Wildman–Crippen MR) is 201 cm³/mol. The fourth-order valence-corrected chi connectivity index (χ4v) is 6.02. The summed E-state index contributed by atoms with van der Waals surface area (Å²) in [5.41, 5.74) is 2.44. The number of halogens is 6. The average molecular weight is 785 g/mol. The summed E-state index contributed by atoms with van der Waals surface area (Å²) in [6, 6.07) is 11.5. The molecule has 15 heteroatoms. The smallest absolute Gasteiger partial charge is 0.445 e. The van der Waals surface area contributed by atoms with Crippen molar-refractivity contribution in [3.05, 3.63) is 102 Å². The number of benzene rings is 2. The summed E-state index contributed by atoms with van der Waals surface area (Å²) in [5, 5.41) is 0. The Balaban J connectivity index is 0.000000292. The van der Waals surface area contributed by atoms with Gasteiger partial charge in [-0.05, 0) is 70.0 Å². The average Bonchev–Trinajstić information content (AvgIpc) is 3.66. The van der Waals surface area contributed by atoms with Crippen LogP contribution in [0.5, 0.6) is 0 Å². The molecule has 0 bridgehead atoms. The molecule has 0 aliphatic heterocycles. The Labute approximate surface area is 297 Å². The molecule has 0 aliphatic rings. The molecular weight excluding hydrogens is 738 g/mol. The third-order valence-corrected chi connectivity index (χ3v) is 10.9. The zero-order valence-electron chi connectivity index (χ0n) is 29.0. The molecule has 0 saturated heterocycles. The van der Waals surface area contributed by atoms with Crippen molar-refractivity contribution < 1.29 is 31.2 Å². The van der Waals surface area contributed by atoms with Crippen LogP contribution in [0.1, 0.15) is 5.56 Å². The SMILES string of the molecule is C=C[B-](F)(F)F.C=Cc1cc(F)ccc1-c1nccn1COCC[Si](C)(C)C.C[Si](C)(C)CCOCn1ccnc1-c1ccc(F)cc1Br. The van der Waals surface area contributed by atoms with Gasteiger partial charge in [0, 0.05) is 69.7 Å². The lowest BCUT2D eigenvalue weighted by Gasteiger charge is -2.16. The topological polar surface area (TPSA) is 54.1 Å². The summed E-state index contributed by atoms with van der Waals surface area (Å²) in [4.78, 5) is 8.72. The van der Waals surface area contributed by atoms with Crippen LogP contribution >= 0.6 is 15.9 Å². The maximum atomic E-state index is 13.3. The Hall–Kier alpha value is -3.11. The molecule has 2 aromatic carbocycles. The zero-order chi connectivity index (χ0) is 36.8. The van der Waals surface area contributed by atoms with E-state index in [0.717, 1.165) is 53.6 Å². The standard InChI is InChI=1S/C17H23FN2OSi.C15H20BrFN2OSi.C2H3BF3/c1-5-14-12-15(18)6-7-16(14)17-19-8-9-20(17)13-21-10-11-22(2,3)4;1-21(2,3)9-8-20-11-19-7-6-18-15(19)13-5-4-12(17)10-14(13)16;1-2-3(4,5)6/h5-9,12H,1,10-11,13H2,2-4H3;4-7,10H,8-9,11H2,1-3H3;2H,1H2/q;;-1. The monoisotopic (exact) mass is 783 g/mol. The number of hydrogen-bond donors (Lipinski definition) is 0. The number of hydrogen-bond acceptors (Lipinski definition) is 4. The molecule has 2 heterocycles. The minimum atomic E-state index is -4.72. The van der Waals surface area contributed by atoms with Crippen LogP contribution in [0.4, 0.5) is 21.7 Å². The fraction of sp³-hybridized carbons (Fsp3) is 0.353. The van der Waals surface area contributed by atoms with Gasteiger partial charge in [-0.1, -0.05) is 51.9 Å². The van der Waals surface area contributed by atoms with Crippen molar-refractivity contribution in [2.75, 3.05) is 13.2 Å². The highest BCUT2D eigenvalue weighted by atomic mass is 79.9. The van der Waals surface area contributed by atoms with E-state index in [4.69, 9.17) is 9.47 Å². The Morgan fingerprint density at radius 2 is 1.18 bits per heavy atom. The second-order valence-electron chi connectivity index (χ2n) is 13.6. The zero-order valence-corrected chi connectivity index (χ0v) is 32.6. The molecule has 49 heavy (non-hydrogen) atoms. The van der Waals surface area contributed by atoms with Crippen molar-refractivity contribution in [1.29, 1.82) is 0 Å². The summed E-state index contributed by atoms with van der Waals surface area (Å²) in [6.45, 7) is 18.0. The molecule has 0 unspecified atom stereocenters. The molecule has 0 spiro atoms. The van der Waals surface area contributed by atoms with Crippen molar-refractivity contribution in [2.24, 2.45) is 0 Å². The summed E-state index contributed by atoms with van der Waals surface area (Å²) >= 11 is 3.38. The third-order valence-electron chi connectivity index (χ3n) is 6.80. The van der Waals surface area contributed by atoms with E-state index in [2.05, 4.69) is 78.3 Å². The molecule has 0 amide bonds. The first kappa shape index (κ1) is 42.1. The number of ether oxygens (including phenoxy) is 2. The minimum Gasteiger partial charge on any atom is -0.445 e. The van der Waals surface area contributed by atoms with E-state index >= 15 is 0 Å². The van der Waals surface area contributed by atoms with Crippen LogP contribution in [-0.4, -0.2) is 55.4 Å². The molecule has 0 fully saturated rings. The van der Waals surface area contributed by atoms with Gasteiger partial charge in [-0.15, -0.1) is 6.58 Å². The fourth-order valence-electron chi connectivity index (χ4n) is 3.97. The van der Waals surface area contributed by atoms with Crippen molar-refractivity contribution >= 4 is 45.1 Å². The lowest BCUT2D eigenvalue weighted by Crippen LogP contribution is -2.22. The van der Waals surface area contributed by atoms with E-state index in [0.29, 0.717) is 17.9 Å². The van der Waals surface area contributed by atoms with Crippen LogP contribution in [-0.2, 0) is 22.9 Å². The second-order valence-corrected chi connectivity index (χ2v) is 25.7. The van der Waals surface area contributed by atoms with Crippen molar-refractivity contribution in [1.82, 2.24) is 19.1 Å². The first-order valence-electron chi connectivity index (χ1n) is 15.7. The lowest BCUT2D eigenvalue weighted by molar-refractivity contribution is 0.0882. The molecular formula is C34H46BBrF5N4O2Si2-. The largest absolute Gasteiger partial charge is 0.501 e. The van der Waals surface area contributed by atoms with Gasteiger partial charge in [0.25, 0.3) is 0 Å². The van der Waals surface area contributed by atoms with Gasteiger partial charge in [-0.2, -0.15) is 5.98 Å². The molecule has 268 valence electrons. The molecule has 2 aromatic heterocycles. The van der Waals surface area contributed by atoms with Crippen LogP contribution in [0.15, 0.2) is 84.8 Å². The van der Waals surface area contributed by atoms with E-state index < -0.39 is 23.1 Å². The highest BCUT2D eigenvalue weighted by molar-refractivity contribution is 9.10. The van der Waals surface area contributed by atoms with Crippen LogP contribution in [0, 0.1) is 11.6 Å². The number of rotatable bonds is 14. The Morgan fingerprint density at radius 1 is 0.755 bits per heavy atom. The molecule has 0 radical (unpaired) electrons. The van der Waals surface area contributed by atoms with Crippen molar-refractivity contribution in [3.8, 4) is 22.8 Å². The Kier molecular flexibility index (Phi) is 16.6. The number of imidazole rings is 2. The molecule has 0 saturated carbocycles. The normalized spacial score (nSPS) is 11.7. The van der Waals surface area contributed by atoms with E-state index in [-0.39, 0.29) is 17.6 Å². The van der Waals surface area contributed by atoms with E-state index in [1.807, 2.05) is 21.5 Å². The van der Waals surface area contributed by atoms with Crippen molar-refractivity contribution in [3.63, 3.8) is 0 Å². The van der Waals surface area contributed by atoms with Gasteiger partial charge < -0.3 is 31.6 Å². The van der Waals surface area contributed by atoms with E-state index in [9.17, 15) is 21.7 Å². The molecule has 0 atom stereocenters. The van der Waals surface area contributed by atoms with Gasteiger partial charge in [0.05, 0.1) is 0 Å². The van der Waals surface area contributed by atoms with Crippen LogP contribution < -0.4 is 0 Å². The predicted octanol–water partition coefficient (Wildman–Crippen LogP) is 11.0. The minimum absolute atomic E-state index is 0. The molecule has 0 N–H and O–H groups in total. The first-order chi connectivity index (χ1) is 22.8. The second kappa shape index (κ2) is 19.3. The highest BCUT2D eigenvalue weighted by Gasteiger charge is 2.16. The molecule has 4 aromatic rings. The van der Waals surface area contributed by atoms with Gasteiger partial charge in [-0.3, -0.25) is 0 Å². The van der Waals surface area contributed by atoms with Crippen LogP contribution in [0.2, 0.25) is 51.4 Å². The Morgan fingerprint density at radius 3 is 1.59 bits per heavy atom. The Bertz CT molecular complexity index is 1640. The van der Waals surface area contributed by atoms with Crippen LogP contribution in [0.3, 0.4) is 0 Å². The van der Waals surface area contributed by atoms with Gasteiger partial charge >= 0.3 is 6.98 Å². The van der Waals surface area contributed by atoms with Gasteiger partial charge in [0.15, 0.2) is 0 Å². The van der Waals surface area contributed by atoms with E-state index in [1.165, 1.54) is 24.3 Å². The van der Waals surface area contributed by atoms with Crippen molar-refractivity contribution in [2.45, 2.75) is 64.8 Å². The van der Waals surface area contributed by atoms with Crippen LogP contribution in [0.25, 0.3) is 28.9 Å². The summed E-state index contributed by atoms with van der Waals surface area (Å²) in [5.74, 6) is 0.996. The summed E-state index contributed by atoms with van der Waals surface area (Å²) < 4.78 is 74.8. The number of nitrogens with zero attached hydrogens (tertiary/aromatic N) is 4. The third kappa shape index (κ3) is 16.0. The van der Waals surface area contributed by atoms with E-state index in [1.54, 1.807) is 30.6 Å². The molecule has 4 rings (SSSR count). The lowest BCUT2D eigenvalue weighted by atomic mass is 9.94. The van der Waals surface area contributed by atoms with Gasteiger partial charge in [0.1, 0.15) is 36.7 Å². The summed E-state index contributed by atoms with van der Waals surface area (Å²) in [7, 11) is -2.15.